The number of nitrogens with one attached hydrogen (secondary N) is 3. The first-order valence-electron chi connectivity index (χ1n) is 20.1. The Labute approximate surface area is 319 Å². The molecule has 8 rings (SSSR count). The van der Waals surface area contributed by atoms with Gasteiger partial charge in [0.1, 0.15) is 11.8 Å². The molecule has 4 aliphatic rings. The number of phenolic OH excluding ortho intramolecular Hbond substituents is 1. The highest BCUT2D eigenvalue weighted by Gasteiger charge is 2.33. The van der Waals surface area contributed by atoms with E-state index in [4.69, 9.17) is 0 Å². The number of benzene rings is 4. The van der Waals surface area contributed by atoms with Crippen LogP contribution < -0.4 is 20.9 Å². The molecule has 3 heterocycles. The van der Waals surface area contributed by atoms with Crippen LogP contribution in [0.1, 0.15) is 66.2 Å². The van der Waals surface area contributed by atoms with Crippen molar-refractivity contribution in [2.75, 3.05) is 74.4 Å². The van der Waals surface area contributed by atoms with E-state index < -0.39 is 0 Å². The lowest BCUT2D eigenvalue weighted by atomic mass is 9.69. The van der Waals surface area contributed by atoms with Crippen LogP contribution in [0.25, 0.3) is 0 Å². The van der Waals surface area contributed by atoms with Gasteiger partial charge in [-0.2, -0.15) is 0 Å². The van der Waals surface area contributed by atoms with E-state index >= 15 is 0 Å². The highest BCUT2D eigenvalue weighted by Crippen LogP contribution is 2.47. The predicted molar refractivity (Wildman–Crippen MR) is 216 cm³/mol. The third-order valence-electron chi connectivity index (χ3n) is 12.2. The fourth-order valence-corrected chi connectivity index (χ4v) is 9.21. The van der Waals surface area contributed by atoms with Crippen molar-refractivity contribution in [1.29, 1.82) is 0 Å². The second-order valence-electron chi connectivity index (χ2n) is 15.7. The lowest BCUT2D eigenvalue weighted by molar-refractivity contribution is -0.133. The van der Waals surface area contributed by atoms with Crippen molar-refractivity contribution >= 4 is 28.9 Å². The number of carbonyl (C=O) groups is 2. The largest absolute Gasteiger partial charge is 0.508 e. The first kappa shape index (κ1) is 36.1. The van der Waals surface area contributed by atoms with Crippen LogP contribution in [-0.4, -0.2) is 91.7 Å². The van der Waals surface area contributed by atoms with Gasteiger partial charge in [0.2, 0.25) is 11.8 Å². The minimum Gasteiger partial charge on any atom is -0.508 e. The van der Waals surface area contributed by atoms with Gasteiger partial charge in [-0.05, 0) is 109 Å². The number of rotatable bonds is 11. The van der Waals surface area contributed by atoms with Gasteiger partial charge in [-0.15, -0.1) is 0 Å². The number of aryl methyl sites for hydroxylation is 1. The first-order chi connectivity index (χ1) is 26.4. The maximum atomic E-state index is 12.1. The van der Waals surface area contributed by atoms with Crippen LogP contribution in [0.5, 0.6) is 5.75 Å². The van der Waals surface area contributed by atoms with Gasteiger partial charge in [-0.3, -0.25) is 19.8 Å². The minimum atomic E-state index is -0.377. The zero-order chi connectivity index (χ0) is 36.9. The van der Waals surface area contributed by atoms with Gasteiger partial charge >= 0.3 is 0 Å². The molecule has 54 heavy (non-hydrogen) atoms. The van der Waals surface area contributed by atoms with Crippen molar-refractivity contribution in [1.82, 2.24) is 15.1 Å². The molecule has 1 unspecified atom stereocenters. The maximum absolute atomic E-state index is 12.1. The number of fused-ring (bicyclic) bond motifs is 1. The smallest absolute Gasteiger partial charge is 0.249 e. The Morgan fingerprint density at radius 3 is 2.24 bits per heavy atom. The van der Waals surface area contributed by atoms with Crippen molar-refractivity contribution in [3.63, 3.8) is 0 Å². The van der Waals surface area contributed by atoms with E-state index in [0.717, 1.165) is 82.5 Å². The molecule has 3 aliphatic heterocycles. The molecule has 2 amide bonds. The van der Waals surface area contributed by atoms with Gasteiger partial charge in [-0.1, -0.05) is 54.6 Å². The maximum Gasteiger partial charge on any atom is 0.249 e. The monoisotopic (exact) mass is 726 g/mol. The van der Waals surface area contributed by atoms with Crippen LogP contribution in [0.15, 0.2) is 97.1 Å². The van der Waals surface area contributed by atoms with Crippen molar-refractivity contribution < 1.29 is 14.7 Å². The third-order valence-corrected chi connectivity index (χ3v) is 12.2. The lowest BCUT2D eigenvalue weighted by Gasteiger charge is -2.39. The molecule has 0 aromatic heterocycles. The number of piperazine rings is 1. The number of imide groups is 1. The van der Waals surface area contributed by atoms with Gasteiger partial charge in [0.05, 0.1) is 0 Å². The molecule has 9 nitrogen and oxygen atoms in total. The SMILES string of the molecule is O=C1CCC(Nc2cccc(NCCN3CCN(CC4CCN(c5ccc([C@@H]6c7ccc(O)cc7CC[C@@H]6c6ccccc6)cc5)CC4)CC3)c2)C(=O)N1. The molecule has 3 saturated heterocycles. The molecule has 3 atom stereocenters. The van der Waals surface area contributed by atoms with E-state index in [2.05, 4.69) is 97.4 Å². The molecule has 0 radical (unpaired) electrons. The van der Waals surface area contributed by atoms with Crippen LogP contribution in [0.3, 0.4) is 0 Å². The van der Waals surface area contributed by atoms with Gasteiger partial charge in [0, 0.05) is 88.3 Å². The van der Waals surface area contributed by atoms with Crippen molar-refractivity contribution in [2.24, 2.45) is 5.92 Å². The quantitative estimate of drug-likeness (QED) is 0.132. The summed E-state index contributed by atoms with van der Waals surface area (Å²) in [4.78, 5) is 31.4. The molecule has 3 fully saturated rings. The fourth-order valence-electron chi connectivity index (χ4n) is 9.21. The second-order valence-corrected chi connectivity index (χ2v) is 15.7. The Bertz CT molecular complexity index is 1890. The summed E-state index contributed by atoms with van der Waals surface area (Å²) in [7, 11) is 0. The molecular formula is C45H54N6O3. The standard InChI is InChI=1S/C45H54N6O3/c52-39-14-16-41-35(29-39)11-15-40(33-5-2-1-3-6-33)44(41)34-9-12-38(13-10-34)51-22-19-32(20-23-51)31-50-27-25-49(26-28-50)24-21-46-36-7-4-8-37(30-36)47-42-17-18-43(53)48-45(42)54/h1-10,12-14,16,29-30,32,40,42,44,46-47,52H,11,15,17-28,31H2,(H,48,53,54)/t40-,42?,44+/m1/s1. The predicted octanol–water partition coefficient (Wildman–Crippen LogP) is 6.42. The highest BCUT2D eigenvalue weighted by atomic mass is 16.3. The fraction of sp³-hybridized carbons (Fsp3) is 0.422. The number of anilines is 3. The number of hydrogen-bond acceptors (Lipinski definition) is 8. The number of amides is 2. The Kier molecular flexibility index (Phi) is 11.1. The van der Waals surface area contributed by atoms with E-state index in [-0.39, 0.29) is 23.8 Å². The molecular weight excluding hydrogens is 673 g/mol. The molecule has 9 heteroatoms. The summed E-state index contributed by atoms with van der Waals surface area (Å²) < 4.78 is 0. The number of hydrogen-bond donors (Lipinski definition) is 4. The summed E-state index contributed by atoms with van der Waals surface area (Å²) in [5.74, 6) is 1.36. The minimum absolute atomic E-state index is 0.197. The molecule has 1 aliphatic carbocycles. The molecule has 282 valence electrons. The Morgan fingerprint density at radius 1 is 0.704 bits per heavy atom. The van der Waals surface area contributed by atoms with E-state index in [0.29, 0.717) is 24.5 Å². The van der Waals surface area contributed by atoms with Crippen LogP contribution in [-0.2, 0) is 16.0 Å². The van der Waals surface area contributed by atoms with Crippen LogP contribution in [0.4, 0.5) is 17.1 Å². The number of carbonyl (C=O) groups excluding carboxylic acids is 2. The van der Waals surface area contributed by atoms with Gasteiger partial charge in [0.15, 0.2) is 0 Å². The van der Waals surface area contributed by atoms with E-state index in [1.54, 1.807) is 0 Å². The van der Waals surface area contributed by atoms with E-state index in [1.807, 2.05) is 30.3 Å². The van der Waals surface area contributed by atoms with Crippen molar-refractivity contribution in [3.8, 4) is 5.75 Å². The Hall–Kier alpha value is -4.86. The van der Waals surface area contributed by atoms with Gasteiger partial charge in [0.25, 0.3) is 0 Å². The van der Waals surface area contributed by atoms with Crippen LogP contribution >= 0.6 is 0 Å². The molecule has 0 saturated carbocycles. The van der Waals surface area contributed by atoms with E-state index in [1.165, 1.54) is 47.3 Å². The summed E-state index contributed by atoms with van der Waals surface area (Å²) >= 11 is 0. The average Bonchev–Trinajstić information content (AvgIpc) is 3.20. The van der Waals surface area contributed by atoms with E-state index in [9.17, 15) is 14.7 Å². The number of phenols is 1. The molecule has 0 bridgehead atoms. The van der Waals surface area contributed by atoms with Crippen molar-refractivity contribution in [3.05, 3.63) is 119 Å². The van der Waals surface area contributed by atoms with Gasteiger partial charge in [-0.25, -0.2) is 0 Å². The molecule has 4 aromatic carbocycles. The second kappa shape index (κ2) is 16.7. The number of aromatic hydroxyl groups is 1. The molecule has 4 N–H and O–H groups in total. The molecule has 0 spiro atoms. The number of piperidine rings is 2. The third kappa shape index (κ3) is 8.58. The van der Waals surface area contributed by atoms with Crippen LogP contribution in [0.2, 0.25) is 0 Å². The summed E-state index contributed by atoms with van der Waals surface area (Å²) in [6, 6.07) is 34.0. The zero-order valence-corrected chi connectivity index (χ0v) is 31.3. The summed E-state index contributed by atoms with van der Waals surface area (Å²) in [6.07, 6.45) is 5.43. The summed E-state index contributed by atoms with van der Waals surface area (Å²) in [5.41, 5.74) is 8.62. The summed E-state index contributed by atoms with van der Waals surface area (Å²) in [6.45, 7) is 9.73. The van der Waals surface area contributed by atoms with Crippen molar-refractivity contribution in [2.45, 2.75) is 56.4 Å². The first-order valence-corrected chi connectivity index (χ1v) is 20.1. The highest BCUT2D eigenvalue weighted by molar-refractivity contribution is 6.01. The zero-order valence-electron chi connectivity index (χ0n) is 31.3. The topological polar surface area (TPSA) is 100 Å². The Balaban J connectivity index is 0.777. The Morgan fingerprint density at radius 2 is 1.46 bits per heavy atom. The average molecular weight is 727 g/mol. The number of nitrogens with zero attached hydrogens (tertiary/aromatic N) is 3. The lowest BCUT2D eigenvalue weighted by Crippen LogP contribution is -2.49. The van der Waals surface area contributed by atoms with Gasteiger partial charge < -0.3 is 25.5 Å². The summed E-state index contributed by atoms with van der Waals surface area (Å²) in [5, 5.41) is 19.5. The normalized spacial score (nSPS) is 22.7. The van der Waals surface area contributed by atoms with Crippen LogP contribution in [0, 0.1) is 5.92 Å². The molecule has 4 aromatic rings.